The molecule has 1 atom stereocenters. The van der Waals surface area contributed by atoms with Crippen LogP contribution in [0.15, 0.2) is 6.20 Å². The number of rotatable bonds is 10. The summed E-state index contributed by atoms with van der Waals surface area (Å²) in [5.41, 5.74) is 1.14. The molecule has 0 radical (unpaired) electrons. The number of aromatic nitrogens is 3. The molecule has 1 unspecified atom stereocenters. The molecular weight excluding hydrogens is 242 g/mol. The number of unbranched alkanes of at least 4 members (excludes halogenated alkanes) is 3. The van der Waals surface area contributed by atoms with Gasteiger partial charge in [-0.05, 0) is 37.4 Å². The van der Waals surface area contributed by atoms with Crippen molar-refractivity contribution in [1.82, 2.24) is 15.0 Å². The molecule has 1 aromatic heterocycles. The highest BCUT2D eigenvalue weighted by molar-refractivity contribution is 7.80. The first-order valence-corrected chi connectivity index (χ1v) is 7.89. The molecule has 0 spiro atoms. The molecule has 0 saturated carbocycles. The molecule has 0 N–H and O–H groups in total. The molecular formula is C14H27N3S. The highest BCUT2D eigenvalue weighted by Crippen LogP contribution is 2.11. The van der Waals surface area contributed by atoms with E-state index in [4.69, 9.17) is 0 Å². The van der Waals surface area contributed by atoms with Gasteiger partial charge < -0.3 is 0 Å². The zero-order chi connectivity index (χ0) is 13.2. The van der Waals surface area contributed by atoms with Crippen LogP contribution in [0.1, 0.15) is 58.1 Å². The molecule has 1 heterocycles. The first-order chi connectivity index (χ1) is 8.76. The predicted molar refractivity (Wildman–Crippen MR) is 80.1 cm³/mol. The first-order valence-electron chi connectivity index (χ1n) is 7.26. The highest BCUT2D eigenvalue weighted by atomic mass is 32.1. The lowest BCUT2D eigenvalue weighted by Crippen LogP contribution is -1.98. The van der Waals surface area contributed by atoms with Gasteiger partial charge >= 0.3 is 0 Å². The molecule has 0 aliphatic carbocycles. The van der Waals surface area contributed by atoms with Gasteiger partial charge in [-0.2, -0.15) is 12.6 Å². The van der Waals surface area contributed by atoms with Gasteiger partial charge in [-0.15, -0.1) is 5.10 Å². The Morgan fingerprint density at radius 3 is 2.83 bits per heavy atom. The molecule has 104 valence electrons. The van der Waals surface area contributed by atoms with Gasteiger partial charge in [0, 0.05) is 12.7 Å². The number of hydrogen-bond acceptors (Lipinski definition) is 3. The molecule has 0 fully saturated rings. The van der Waals surface area contributed by atoms with Gasteiger partial charge in [0.15, 0.2) is 0 Å². The van der Waals surface area contributed by atoms with E-state index in [1.807, 2.05) is 4.68 Å². The maximum absolute atomic E-state index is 4.31. The summed E-state index contributed by atoms with van der Waals surface area (Å²) < 4.78 is 1.99. The minimum absolute atomic E-state index is 0.734. The summed E-state index contributed by atoms with van der Waals surface area (Å²) in [6.45, 7) is 5.49. The molecule has 0 aliphatic heterocycles. The molecule has 0 bridgehead atoms. The number of hydrogen-bond donors (Lipinski definition) is 1. The minimum atomic E-state index is 0.734. The second kappa shape index (κ2) is 9.42. The van der Waals surface area contributed by atoms with Crippen LogP contribution in [0.2, 0.25) is 0 Å². The van der Waals surface area contributed by atoms with Gasteiger partial charge in [-0.3, -0.25) is 4.68 Å². The van der Waals surface area contributed by atoms with E-state index in [2.05, 4.69) is 43.0 Å². The third-order valence-electron chi connectivity index (χ3n) is 3.27. The lowest BCUT2D eigenvalue weighted by molar-refractivity contribution is 0.537. The van der Waals surface area contributed by atoms with Crippen molar-refractivity contribution in [2.45, 2.75) is 65.3 Å². The minimum Gasteiger partial charge on any atom is -0.252 e. The standard InChI is InChI=1S/C14H27N3S/c1-3-4-7-10-17-11-14(15-16-17)9-6-5-8-13(2)12-18/h11,13,18H,3-10,12H2,1-2H3. The average molecular weight is 269 g/mol. The van der Waals surface area contributed by atoms with Crippen molar-refractivity contribution in [3.63, 3.8) is 0 Å². The monoisotopic (exact) mass is 269 g/mol. The summed E-state index contributed by atoms with van der Waals surface area (Å²) in [4.78, 5) is 0. The second-order valence-electron chi connectivity index (χ2n) is 5.21. The molecule has 4 heteroatoms. The third kappa shape index (κ3) is 6.43. The van der Waals surface area contributed by atoms with Crippen LogP contribution in [-0.4, -0.2) is 20.7 Å². The van der Waals surface area contributed by atoms with E-state index in [0.717, 1.165) is 30.3 Å². The van der Waals surface area contributed by atoms with Crippen molar-refractivity contribution in [1.29, 1.82) is 0 Å². The summed E-state index contributed by atoms with van der Waals surface area (Å²) in [5, 5.41) is 8.40. The van der Waals surface area contributed by atoms with Gasteiger partial charge in [0.2, 0.25) is 0 Å². The van der Waals surface area contributed by atoms with E-state index in [0.29, 0.717) is 0 Å². The highest BCUT2D eigenvalue weighted by Gasteiger charge is 2.02. The zero-order valence-electron chi connectivity index (χ0n) is 11.8. The molecule has 1 aromatic rings. The Balaban J connectivity index is 2.15. The average Bonchev–Trinajstić information content (AvgIpc) is 2.82. The third-order valence-corrected chi connectivity index (χ3v) is 3.89. The van der Waals surface area contributed by atoms with Gasteiger partial charge in [-0.1, -0.05) is 38.3 Å². The molecule has 0 saturated heterocycles. The Morgan fingerprint density at radius 2 is 2.11 bits per heavy atom. The van der Waals surface area contributed by atoms with Crippen molar-refractivity contribution < 1.29 is 0 Å². The smallest absolute Gasteiger partial charge is 0.0827 e. The van der Waals surface area contributed by atoms with Crippen LogP contribution in [0.25, 0.3) is 0 Å². The number of nitrogens with zero attached hydrogens (tertiary/aromatic N) is 3. The Kier molecular flexibility index (Phi) is 8.14. The van der Waals surface area contributed by atoms with Gasteiger partial charge in [0.25, 0.3) is 0 Å². The topological polar surface area (TPSA) is 30.7 Å². The van der Waals surface area contributed by atoms with Gasteiger partial charge in [0.1, 0.15) is 0 Å². The summed E-state index contributed by atoms with van der Waals surface area (Å²) in [7, 11) is 0. The quantitative estimate of drug-likeness (QED) is 0.518. The van der Waals surface area contributed by atoms with Crippen LogP contribution < -0.4 is 0 Å². The van der Waals surface area contributed by atoms with E-state index >= 15 is 0 Å². The normalized spacial score (nSPS) is 12.8. The molecule has 0 aliphatic rings. The summed E-state index contributed by atoms with van der Waals surface area (Å²) >= 11 is 4.31. The SMILES string of the molecule is CCCCCn1cc(CCCCC(C)CS)nn1. The number of thiol groups is 1. The first kappa shape index (κ1) is 15.5. The number of aryl methyl sites for hydroxylation is 2. The Hall–Kier alpha value is -0.510. The fourth-order valence-electron chi connectivity index (χ4n) is 1.98. The van der Waals surface area contributed by atoms with E-state index in [1.54, 1.807) is 0 Å². The molecule has 3 nitrogen and oxygen atoms in total. The maximum atomic E-state index is 4.31. The van der Waals surface area contributed by atoms with Crippen molar-refractivity contribution in [2.24, 2.45) is 5.92 Å². The zero-order valence-corrected chi connectivity index (χ0v) is 12.7. The Morgan fingerprint density at radius 1 is 1.28 bits per heavy atom. The molecule has 0 amide bonds. The maximum Gasteiger partial charge on any atom is 0.0827 e. The van der Waals surface area contributed by atoms with Crippen molar-refractivity contribution >= 4 is 12.6 Å². The van der Waals surface area contributed by atoms with Crippen molar-refractivity contribution in [3.8, 4) is 0 Å². The lowest BCUT2D eigenvalue weighted by Gasteiger charge is -2.05. The van der Waals surface area contributed by atoms with Crippen LogP contribution in [0.3, 0.4) is 0 Å². The molecule has 0 aromatic carbocycles. The van der Waals surface area contributed by atoms with Gasteiger partial charge in [0.05, 0.1) is 5.69 Å². The summed E-state index contributed by atoms with van der Waals surface area (Å²) in [5.74, 6) is 1.73. The van der Waals surface area contributed by atoms with Crippen LogP contribution >= 0.6 is 12.6 Å². The van der Waals surface area contributed by atoms with E-state index in [1.165, 1.54) is 38.5 Å². The Labute approximate surface area is 117 Å². The largest absolute Gasteiger partial charge is 0.252 e. The lowest BCUT2D eigenvalue weighted by atomic mass is 10.0. The van der Waals surface area contributed by atoms with Crippen molar-refractivity contribution in [2.75, 3.05) is 5.75 Å². The summed E-state index contributed by atoms with van der Waals surface area (Å²) in [6.07, 6.45) is 10.7. The van der Waals surface area contributed by atoms with Gasteiger partial charge in [-0.25, -0.2) is 0 Å². The van der Waals surface area contributed by atoms with Crippen LogP contribution in [0, 0.1) is 5.92 Å². The molecule has 18 heavy (non-hydrogen) atoms. The summed E-state index contributed by atoms with van der Waals surface area (Å²) in [6, 6.07) is 0. The van der Waals surface area contributed by atoms with Crippen LogP contribution in [0.5, 0.6) is 0 Å². The van der Waals surface area contributed by atoms with E-state index in [9.17, 15) is 0 Å². The Bertz CT molecular complexity index is 312. The van der Waals surface area contributed by atoms with Crippen molar-refractivity contribution in [3.05, 3.63) is 11.9 Å². The van der Waals surface area contributed by atoms with Crippen LogP contribution in [0.4, 0.5) is 0 Å². The second-order valence-corrected chi connectivity index (χ2v) is 5.58. The van der Waals surface area contributed by atoms with E-state index in [-0.39, 0.29) is 0 Å². The molecule has 1 rings (SSSR count). The van der Waals surface area contributed by atoms with Crippen LogP contribution in [-0.2, 0) is 13.0 Å². The van der Waals surface area contributed by atoms with E-state index < -0.39 is 0 Å². The fraction of sp³-hybridized carbons (Fsp3) is 0.857. The predicted octanol–water partition coefficient (Wildman–Crippen LogP) is 3.75. The fourth-order valence-corrected chi connectivity index (χ4v) is 2.16.